The molecule has 0 saturated carbocycles. The van der Waals surface area contributed by atoms with Gasteiger partial charge in [-0.15, -0.1) is 0 Å². The van der Waals surface area contributed by atoms with Gasteiger partial charge in [0.1, 0.15) is 6.10 Å². The van der Waals surface area contributed by atoms with Gasteiger partial charge in [0.25, 0.3) is 0 Å². The van der Waals surface area contributed by atoms with E-state index in [1.54, 1.807) is 26.2 Å². The summed E-state index contributed by atoms with van der Waals surface area (Å²) in [5.74, 6) is 0.0259. The minimum absolute atomic E-state index is 0.0259. The van der Waals surface area contributed by atoms with Crippen molar-refractivity contribution in [1.82, 2.24) is 0 Å². The summed E-state index contributed by atoms with van der Waals surface area (Å²) < 4.78 is 10.3. The highest BCUT2D eigenvalue weighted by Gasteiger charge is 2.14. The van der Waals surface area contributed by atoms with Gasteiger partial charge >= 0.3 is 0 Å². The molecule has 0 N–H and O–H groups in total. The third kappa shape index (κ3) is 4.13. The van der Waals surface area contributed by atoms with Crippen LogP contribution in [-0.2, 0) is 9.47 Å². The van der Waals surface area contributed by atoms with Crippen LogP contribution in [0.1, 0.15) is 23.7 Å². The van der Waals surface area contributed by atoms with Crippen molar-refractivity contribution in [1.29, 1.82) is 0 Å². The van der Waals surface area contributed by atoms with E-state index in [4.69, 9.17) is 9.47 Å². The second kappa shape index (κ2) is 7.14. The van der Waals surface area contributed by atoms with Crippen LogP contribution in [-0.4, -0.2) is 32.2 Å². The zero-order valence-electron chi connectivity index (χ0n) is 9.81. The van der Waals surface area contributed by atoms with E-state index >= 15 is 0 Å². The lowest BCUT2D eigenvalue weighted by atomic mass is 10.1. The summed E-state index contributed by atoms with van der Waals surface area (Å²) in [6.07, 6.45) is 0.419. The minimum Gasteiger partial charge on any atom is -0.385 e. The van der Waals surface area contributed by atoms with Gasteiger partial charge in [-0.25, -0.2) is 0 Å². The van der Waals surface area contributed by atoms with E-state index in [0.29, 0.717) is 18.8 Å². The molecule has 1 aromatic carbocycles. The van der Waals surface area contributed by atoms with Crippen molar-refractivity contribution in [3.05, 3.63) is 35.9 Å². The zero-order valence-corrected chi connectivity index (χ0v) is 9.81. The summed E-state index contributed by atoms with van der Waals surface area (Å²) in [7, 11) is 1.65. The molecule has 0 amide bonds. The molecule has 0 saturated heterocycles. The van der Waals surface area contributed by atoms with Crippen molar-refractivity contribution >= 4 is 5.78 Å². The lowest BCUT2D eigenvalue weighted by molar-refractivity contribution is 0.0404. The maximum absolute atomic E-state index is 11.9. The van der Waals surface area contributed by atoms with Gasteiger partial charge < -0.3 is 9.47 Å². The highest BCUT2D eigenvalue weighted by molar-refractivity contribution is 5.99. The van der Waals surface area contributed by atoms with Gasteiger partial charge in [-0.1, -0.05) is 30.3 Å². The van der Waals surface area contributed by atoms with Crippen LogP contribution in [0.4, 0.5) is 0 Å². The molecule has 1 aromatic rings. The maximum atomic E-state index is 11.9. The molecule has 88 valence electrons. The molecule has 1 rings (SSSR count). The van der Waals surface area contributed by atoms with Crippen LogP contribution in [0, 0.1) is 0 Å². The number of ether oxygens (including phenoxy) is 2. The van der Waals surface area contributed by atoms with Gasteiger partial charge in [-0.3, -0.25) is 4.79 Å². The van der Waals surface area contributed by atoms with Gasteiger partial charge in [-0.2, -0.15) is 0 Å². The average molecular weight is 222 g/mol. The van der Waals surface area contributed by atoms with Gasteiger partial charge in [0, 0.05) is 25.9 Å². The summed E-state index contributed by atoms with van der Waals surface area (Å²) in [5.41, 5.74) is 0.696. The van der Waals surface area contributed by atoms with E-state index in [9.17, 15) is 4.79 Å². The smallest absolute Gasteiger partial charge is 0.191 e. The van der Waals surface area contributed by atoms with Gasteiger partial charge in [0.2, 0.25) is 0 Å². The van der Waals surface area contributed by atoms with E-state index in [0.717, 1.165) is 6.42 Å². The molecular formula is C13H18O3. The Labute approximate surface area is 96.4 Å². The Morgan fingerprint density at radius 2 is 1.94 bits per heavy atom. The SMILES string of the molecule is COCCCOC(C)C(=O)c1ccccc1. The van der Waals surface area contributed by atoms with E-state index in [1.165, 1.54) is 0 Å². The fraction of sp³-hybridized carbons (Fsp3) is 0.462. The van der Waals surface area contributed by atoms with Gasteiger partial charge in [0.15, 0.2) is 5.78 Å². The number of hydrogen-bond acceptors (Lipinski definition) is 3. The Balaban J connectivity index is 2.37. The van der Waals surface area contributed by atoms with Crippen molar-refractivity contribution in [3.8, 4) is 0 Å². The highest BCUT2D eigenvalue weighted by atomic mass is 16.5. The minimum atomic E-state index is -0.390. The number of benzene rings is 1. The summed E-state index contributed by atoms with van der Waals surface area (Å²) in [6, 6.07) is 9.20. The molecule has 0 radical (unpaired) electrons. The number of Topliss-reactive ketones (excluding diaryl/α,β-unsaturated/α-hetero) is 1. The van der Waals surface area contributed by atoms with Crippen molar-refractivity contribution in [2.45, 2.75) is 19.4 Å². The van der Waals surface area contributed by atoms with E-state index in [1.807, 2.05) is 18.2 Å². The fourth-order valence-electron chi connectivity index (χ4n) is 1.38. The Bertz CT molecular complexity index is 308. The van der Waals surface area contributed by atoms with Crippen molar-refractivity contribution in [2.24, 2.45) is 0 Å². The molecule has 0 aliphatic carbocycles. The van der Waals surface area contributed by atoms with Crippen LogP contribution in [0.3, 0.4) is 0 Å². The second-order valence-corrected chi connectivity index (χ2v) is 3.59. The van der Waals surface area contributed by atoms with Gasteiger partial charge in [0.05, 0.1) is 0 Å². The maximum Gasteiger partial charge on any atom is 0.191 e. The Kier molecular flexibility index (Phi) is 5.75. The standard InChI is InChI=1S/C13H18O3/c1-11(16-10-6-9-15-2)13(14)12-7-4-3-5-8-12/h3-5,7-8,11H,6,9-10H2,1-2H3. The number of methoxy groups -OCH3 is 1. The van der Waals surface area contributed by atoms with E-state index in [-0.39, 0.29) is 11.9 Å². The van der Waals surface area contributed by atoms with Crippen molar-refractivity contribution < 1.29 is 14.3 Å². The lowest BCUT2D eigenvalue weighted by Crippen LogP contribution is -2.21. The van der Waals surface area contributed by atoms with Crippen LogP contribution in [0.2, 0.25) is 0 Å². The third-order valence-corrected chi connectivity index (χ3v) is 2.29. The Morgan fingerprint density at radius 1 is 1.25 bits per heavy atom. The number of rotatable bonds is 7. The molecule has 3 nitrogen and oxygen atoms in total. The molecule has 0 bridgehead atoms. The summed E-state index contributed by atoms with van der Waals surface area (Å²) in [4.78, 5) is 11.9. The first-order valence-corrected chi connectivity index (χ1v) is 5.45. The largest absolute Gasteiger partial charge is 0.385 e. The van der Waals surface area contributed by atoms with Crippen LogP contribution in [0.5, 0.6) is 0 Å². The van der Waals surface area contributed by atoms with Crippen molar-refractivity contribution in [2.75, 3.05) is 20.3 Å². The zero-order chi connectivity index (χ0) is 11.8. The normalized spacial score (nSPS) is 12.4. The third-order valence-electron chi connectivity index (χ3n) is 2.29. The molecule has 1 atom stereocenters. The number of hydrogen-bond donors (Lipinski definition) is 0. The Morgan fingerprint density at radius 3 is 2.56 bits per heavy atom. The molecule has 1 unspecified atom stereocenters. The van der Waals surface area contributed by atoms with Crippen LogP contribution < -0.4 is 0 Å². The topological polar surface area (TPSA) is 35.5 Å². The van der Waals surface area contributed by atoms with E-state index in [2.05, 4.69) is 0 Å². The number of ketones is 1. The van der Waals surface area contributed by atoms with Crippen LogP contribution in [0.25, 0.3) is 0 Å². The highest BCUT2D eigenvalue weighted by Crippen LogP contribution is 2.06. The molecule has 16 heavy (non-hydrogen) atoms. The molecule has 0 spiro atoms. The molecule has 0 aromatic heterocycles. The fourth-order valence-corrected chi connectivity index (χ4v) is 1.38. The monoisotopic (exact) mass is 222 g/mol. The Hall–Kier alpha value is -1.19. The quantitative estimate of drug-likeness (QED) is 0.524. The van der Waals surface area contributed by atoms with Gasteiger partial charge in [-0.05, 0) is 13.3 Å². The number of carbonyl (C=O) groups is 1. The predicted molar refractivity (Wildman–Crippen MR) is 62.7 cm³/mol. The van der Waals surface area contributed by atoms with Crippen molar-refractivity contribution in [3.63, 3.8) is 0 Å². The average Bonchev–Trinajstić information content (AvgIpc) is 2.34. The number of carbonyl (C=O) groups excluding carboxylic acids is 1. The first-order valence-electron chi connectivity index (χ1n) is 5.45. The van der Waals surface area contributed by atoms with Crippen LogP contribution in [0.15, 0.2) is 30.3 Å². The lowest BCUT2D eigenvalue weighted by Gasteiger charge is -2.11. The second-order valence-electron chi connectivity index (χ2n) is 3.59. The molecule has 3 heteroatoms. The molecular weight excluding hydrogens is 204 g/mol. The predicted octanol–water partition coefficient (Wildman–Crippen LogP) is 2.31. The summed E-state index contributed by atoms with van der Waals surface area (Å²) in [5, 5.41) is 0. The molecule has 0 aliphatic heterocycles. The van der Waals surface area contributed by atoms with Crippen LogP contribution >= 0.6 is 0 Å². The first kappa shape index (κ1) is 12.9. The molecule has 0 heterocycles. The first-order chi connectivity index (χ1) is 7.75. The molecule has 0 fully saturated rings. The van der Waals surface area contributed by atoms with E-state index < -0.39 is 0 Å². The molecule has 0 aliphatic rings. The summed E-state index contributed by atoms with van der Waals surface area (Å²) in [6.45, 7) is 2.99. The summed E-state index contributed by atoms with van der Waals surface area (Å²) >= 11 is 0.